The first kappa shape index (κ1) is 15.2. The van der Waals surface area contributed by atoms with Gasteiger partial charge in [-0.05, 0) is 6.42 Å². The summed E-state index contributed by atoms with van der Waals surface area (Å²) in [6, 6.07) is 0. The minimum atomic E-state index is -0.102. The molecule has 120 valence electrons. The lowest BCUT2D eigenvalue weighted by Gasteiger charge is -2.37. The quantitative estimate of drug-likeness (QED) is 0.745. The number of hydrogen-bond donors (Lipinski definition) is 0. The summed E-state index contributed by atoms with van der Waals surface area (Å²) >= 11 is 0. The van der Waals surface area contributed by atoms with Gasteiger partial charge in [0, 0.05) is 45.7 Å². The summed E-state index contributed by atoms with van der Waals surface area (Å²) < 4.78 is 7.54. The van der Waals surface area contributed by atoms with E-state index in [0.717, 1.165) is 32.6 Å². The predicted molar refractivity (Wildman–Crippen MR) is 81.4 cm³/mol. The van der Waals surface area contributed by atoms with E-state index in [-0.39, 0.29) is 17.8 Å². The van der Waals surface area contributed by atoms with Crippen molar-refractivity contribution >= 4 is 5.91 Å². The molecule has 1 aromatic heterocycles. The molecule has 0 radical (unpaired) electrons. The Bertz CT molecular complexity index is 544. The summed E-state index contributed by atoms with van der Waals surface area (Å²) in [6.45, 7) is 8.72. The van der Waals surface area contributed by atoms with E-state index in [1.54, 1.807) is 18.1 Å². The van der Waals surface area contributed by atoms with Crippen molar-refractivity contribution in [2.45, 2.75) is 12.5 Å². The molecule has 1 amide bonds. The van der Waals surface area contributed by atoms with Gasteiger partial charge in [0.1, 0.15) is 6.33 Å². The van der Waals surface area contributed by atoms with Crippen molar-refractivity contribution in [3.8, 4) is 0 Å². The highest BCUT2D eigenvalue weighted by Gasteiger charge is 2.35. The zero-order valence-corrected chi connectivity index (χ0v) is 13.0. The van der Waals surface area contributed by atoms with Gasteiger partial charge in [0.2, 0.25) is 5.82 Å². The number of ether oxygens (including phenoxy) is 1. The van der Waals surface area contributed by atoms with E-state index in [1.165, 1.54) is 0 Å². The number of likely N-dealkylation sites (tertiary alicyclic amines) is 1. The van der Waals surface area contributed by atoms with Crippen LogP contribution in [-0.4, -0.2) is 75.9 Å². The van der Waals surface area contributed by atoms with Gasteiger partial charge in [-0.25, -0.2) is 4.98 Å². The molecule has 2 fully saturated rings. The number of carbonyl (C=O) groups is 1. The molecule has 2 saturated heterocycles. The number of piperidine rings is 1. The fraction of sp³-hybridized carbons (Fsp3) is 0.667. The van der Waals surface area contributed by atoms with Gasteiger partial charge in [-0.1, -0.05) is 6.08 Å². The van der Waals surface area contributed by atoms with Crippen LogP contribution in [0.5, 0.6) is 0 Å². The highest BCUT2D eigenvalue weighted by atomic mass is 16.5. The third kappa shape index (κ3) is 3.20. The van der Waals surface area contributed by atoms with Gasteiger partial charge in [0.05, 0.1) is 12.7 Å². The Hall–Kier alpha value is -1.73. The second kappa shape index (κ2) is 6.58. The van der Waals surface area contributed by atoms with E-state index in [1.807, 2.05) is 11.0 Å². The van der Waals surface area contributed by atoms with Crippen molar-refractivity contribution in [3.63, 3.8) is 0 Å². The van der Waals surface area contributed by atoms with Crippen LogP contribution in [0.25, 0.3) is 0 Å². The van der Waals surface area contributed by atoms with Crippen LogP contribution in [0.3, 0.4) is 0 Å². The molecule has 1 aromatic rings. The molecular formula is C15H23N5O2. The minimum absolute atomic E-state index is 0.102. The number of nitrogens with zero attached hydrogens (tertiary/aromatic N) is 5. The third-order valence-corrected chi connectivity index (χ3v) is 4.39. The van der Waals surface area contributed by atoms with Crippen LogP contribution in [0.15, 0.2) is 19.0 Å². The second-order valence-corrected chi connectivity index (χ2v) is 6.00. The minimum Gasteiger partial charge on any atom is -0.375 e. The van der Waals surface area contributed by atoms with Crippen molar-refractivity contribution in [1.29, 1.82) is 0 Å². The topological polar surface area (TPSA) is 63.5 Å². The van der Waals surface area contributed by atoms with Gasteiger partial charge in [-0.3, -0.25) is 14.4 Å². The second-order valence-electron chi connectivity index (χ2n) is 6.00. The molecule has 0 spiro atoms. The molecule has 0 saturated carbocycles. The monoisotopic (exact) mass is 305 g/mol. The Morgan fingerprint density at radius 3 is 3.09 bits per heavy atom. The first-order valence-electron chi connectivity index (χ1n) is 7.77. The van der Waals surface area contributed by atoms with E-state index >= 15 is 0 Å². The first-order valence-corrected chi connectivity index (χ1v) is 7.77. The van der Waals surface area contributed by atoms with Crippen LogP contribution < -0.4 is 0 Å². The Kier molecular flexibility index (Phi) is 4.54. The summed E-state index contributed by atoms with van der Waals surface area (Å²) in [5.41, 5.74) is 0. The Balaban J connectivity index is 1.64. The SMILES string of the molecule is C=CCN1CCO[C@@H]2CN(C(=O)c3ncn(C)n3)CC[C@@H]2C1. The van der Waals surface area contributed by atoms with E-state index in [9.17, 15) is 4.79 Å². The van der Waals surface area contributed by atoms with E-state index < -0.39 is 0 Å². The van der Waals surface area contributed by atoms with Crippen molar-refractivity contribution < 1.29 is 9.53 Å². The van der Waals surface area contributed by atoms with Gasteiger partial charge < -0.3 is 9.64 Å². The van der Waals surface area contributed by atoms with E-state index in [4.69, 9.17) is 4.74 Å². The lowest BCUT2D eigenvalue weighted by molar-refractivity contribution is -0.0174. The fourth-order valence-electron chi connectivity index (χ4n) is 3.23. The molecule has 2 atom stereocenters. The fourth-order valence-corrected chi connectivity index (χ4v) is 3.23. The molecule has 2 aliphatic heterocycles. The maximum Gasteiger partial charge on any atom is 0.293 e. The zero-order valence-electron chi connectivity index (χ0n) is 13.0. The smallest absolute Gasteiger partial charge is 0.293 e. The average Bonchev–Trinajstić information content (AvgIpc) is 2.84. The molecule has 0 bridgehead atoms. The number of aromatic nitrogens is 3. The predicted octanol–water partition coefficient (Wildman–Crippen LogP) is 0.164. The summed E-state index contributed by atoms with van der Waals surface area (Å²) in [6.07, 6.45) is 4.55. The normalized spacial score (nSPS) is 26.3. The van der Waals surface area contributed by atoms with Gasteiger partial charge >= 0.3 is 0 Å². The lowest BCUT2D eigenvalue weighted by atomic mass is 9.93. The molecule has 0 aliphatic carbocycles. The summed E-state index contributed by atoms with van der Waals surface area (Å²) in [5, 5.41) is 4.10. The molecular weight excluding hydrogens is 282 g/mol. The number of amides is 1. The molecule has 7 nitrogen and oxygen atoms in total. The molecule has 0 N–H and O–H groups in total. The lowest BCUT2D eigenvalue weighted by Crippen LogP contribution is -2.49. The van der Waals surface area contributed by atoms with E-state index in [2.05, 4.69) is 21.6 Å². The van der Waals surface area contributed by atoms with Gasteiger partial charge in [0.15, 0.2) is 0 Å². The molecule has 7 heteroatoms. The van der Waals surface area contributed by atoms with Crippen molar-refractivity contribution in [1.82, 2.24) is 24.6 Å². The largest absolute Gasteiger partial charge is 0.375 e. The van der Waals surface area contributed by atoms with Crippen molar-refractivity contribution in [2.24, 2.45) is 13.0 Å². The van der Waals surface area contributed by atoms with Crippen LogP contribution >= 0.6 is 0 Å². The number of carbonyl (C=O) groups excluding carboxylic acids is 1. The Labute approximate surface area is 130 Å². The molecule has 22 heavy (non-hydrogen) atoms. The summed E-state index contributed by atoms with van der Waals surface area (Å²) in [7, 11) is 1.76. The maximum absolute atomic E-state index is 12.4. The molecule has 2 aliphatic rings. The zero-order chi connectivity index (χ0) is 15.5. The average molecular weight is 305 g/mol. The highest BCUT2D eigenvalue weighted by molar-refractivity contribution is 5.90. The number of fused-ring (bicyclic) bond motifs is 1. The van der Waals surface area contributed by atoms with E-state index in [0.29, 0.717) is 19.1 Å². The van der Waals surface area contributed by atoms with Crippen LogP contribution in [0, 0.1) is 5.92 Å². The standard InChI is InChI=1S/C15H23N5O2/c1-3-5-19-7-8-22-13-10-20(6-4-12(13)9-19)15(21)14-16-11-18(2)17-14/h3,11-13H,1,4-10H2,2H3/t12-,13-/m1/s1. The third-order valence-electron chi connectivity index (χ3n) is 4.39. The van der Waals surface area contributed by atoms with Crippen LogP contribution in [0.1, 0.15) is 17.0 Å². The first-order chi connectivity index (χ1) is 10.7. The van der Waals surface area contributed by atoms with Crippen LogP contribution in [-0.2, 0) is 11.8 Å². The summed E-state index contributed by atoms with van der Waals surface area (Å²) in [5.74, 6) is 0.640. The number of aryl methyl sites for hydroxylation is 1. The Morgan fingerprint density at radius 1 is 1.50 bits per heavy atom. The molecule has 0 unspecified atom stereocenters. The van der Waals surface area contributed by atoms with Crippen molar-refractivity contribution in [2.75, 3.05) is 39.3 Å². The maximum atomic E-state index is 12.4. The number of hydrogen-bond acceptors (Lipinski definition) is 5. The highest BCUT2D eigenvalue weighted by Crippen LogP contribution is 2.24. The van der Waals surface area contributed by atoms with Gasteiger partial charge in [-0.15, -0.1) is 11.7 Å². The Morgan fingerprint density at radius 2 is 2.36 bits per heavy atom. The molecule has 0 aromatic carbocycles. The molecule has 3 rings (SSSR count). The number of rotatable bonds is 3. The summed E-state index contributed by atoms with van der Waals surface area (Å²) in [4.78, 5) is 20.7. The molecule has 3 heterocycles. The van der Waals surface area contributed by atoms with Gasteiger partial charge in [-0.2, -0.15) is 0 Å². The van der Waals surface area contributed by atoms with Crippen molar-refractivity contribution in [3.05, 3.63) is 24.8 Å². The van der Waals surface area contributed by atoms with Crippen LogP contribution in [0.4, 0.5) is 0 Å². The van der Waals surface area contributed by atoms with Crippen LogP contribution in [0.2, 0.25) is 0 Å². The van der Waals surface area contributed by atoms with Gasteiger partial charge in [0.25, 0.3) is 5.91 Å².